The number of carbonyl (C=O) groups is 1. The lowest BCUT2D eigenvalue weighted by Gasteiger charge is -2.22. The molecule has 2 heterocycles. The van der Waals surface area contributed by atoms with Gasteiger partial charge in [-0.15, -0.1) is 11.3 Å². The minimum Gasteiger partial charge on any atom is -0.329 e. The Balaban J connectivity index is 1.56. The van der Waals surface area contributed by atoms with Gasteiger partial charge in [-0.2, -0.15) is 0 Å². The molecule has 0 saturated carbocycles. The summed E-state index contributed by atoms with van der Waals surface area (Å²) < 4.78 is 27.8. The lowest BCUT2D eigenvalue weighted by atomic mass is 10.2. The van der Waals surface area contributed by atoms with Gasteiger partial charge in [0.25, 0.3) is 7.52 Å². The molecule has 5 nitrogen and oxygen atoms in total. The van der Waals surface area contributed by atoms with Crippen molar-refractivity contribution in [1.29, 1.82) is 0 Å². The fourth-order valence-corrected chi connectivity index (χ4v) is 5.78. The van der Waals surface area contributed by atoms with E-state index in [0.29, 0.717) is 30.5 Å². The van der Waals surface area contributed by atoms with Crippen LogP contribution in [-0.4, -0.2) is 27.0 Å². The third-order valence-corrected chi connectivity index (χ3v) is 7.40. The van der Waals surface area contributed by atoms with Gasteiger partial charge in [-0.05, 0) is 24.1 Å². The maximum Gasteiger partial charge on any atom is 0.300 e. The fraction of sp³-hybridized carbons (Fsp3) is 0.222. The number of aromatic nitrogens is 1. The molecule has 2 aromatic carbocycles. The van der Waals surface area contributed by atoms with E-state index in [4.69, 9.17) is 0 Å². The van der Waals surface area contributed by atoms with Crippen molar-refractivity contribution in [3.05, 3.63) is 53.8 Å². The van der Waals surface area contributed by atoms with Crippen molar-refractivity contribution in [2.45, 2.75) is 19.0 Å². The number of nitrogens with zero attached hydrogens (tertiary/aromatic N) is 2. The van der Waals surface area contributed by atoms with Crippen molar-refractivity contribution in [3.8, 4) is 10.6 Å². The van der Waals surface area contributed by atoms with Gasteiger partial charge in [-0.3, -0.25) is 14.0 Å². The molecule has 1 atom stereocenters. The maximum absolute atomic E-state index is 13.3. The molecular formula is C18H16FN2O3PS. The van der Waals surface area contributed by atoms with Crippen LogP contribution in [0.1, 0.15) is 18.4 Å². The molecule has 0 spiro atoms. The molecule has 8 heteroatoms. The molecule has 1 unspecified atom stereocenters. The Labute approximate surface area is 153 Å². The number of rotatable bonds is 4. The fourth-order valence-electron chi connectivity index (χ4n) is 3.06. The number of hydrogen-bond donors (Lipinski definition) is 1. The summed E-state index contributed by atoms with van der Waals surface area (Å²) in [6, 6.07) is 11.7. The number of fused-ring (bicyclic) bond motifs is 1. The predicted octanol–water partition coefficient (Wildman–Crippen LogP) is 4.41. The molecule has 0 radical (unpaired) electrons. The third kappa shape index (κ3) is 3.30. The van der Waals surface area contributed by atoms with Crippen molar-refractivity contribution in [2.24, 2.45) is 0 Å². The van der Waals surface area contributed by atoms with Crippen LogP contribution in [0.4, 0.5) is 4.39 Å². The lowest BCUT2D eigenvalue weighted by molar-refractivity contribution is -0.124. The summed E-state index contributed by atoms with van der Waals surface area (Å²) in [6.07, 6.45) is 0.895. The molecule has 134 valence electrons. The molecule has 1 N–H and O–H groups in total. The zero-order chi connectivity index (χ0) is 18.3. The van der Waals surface area contributed by atoms with Crippen LogP contribution in [-0.2, 0) is 15.5 Å². The Kier molecular flexibility index (Phi) is 4.39. The van der Waals surface area contributed by atoms with Crippen molar-refractivity contribution in [3.63, 3.8) is 0 Å². The van der Waals surface area contributed by atoms with Gasteiger partial charge in [0, 0.05) is 24.6 Å². The second-order valence-corrected chi connectivity index (χ2v) is 9.43. The first kappa shape index (κ1) is 17.3. The second-order valence-electron chi connectivity index (χ2n) is 6.27. The number of thiazole rings is 1. The molecule has 26 heavy (non-hydrogen) atoms. The number of carbonyl (C=O) groups excluding carboxylic acids is 1. The molecule has 0 bridgehead atoms. The highest BCUT2D eigenvalue weighted by Crippen LogP contribution is 2.50. The topological polar surface area (TPSA) is 70.5 Å². The monoisotopic (exact) mass is 390 g/mol. The van der Waals surface area contributed by atoms with Crippen LogP contribution < -0.4 is 0 Å². The predicted molar refractivity (Wildman–Crippen MR) is 99.5 cm³/mol. The highest BCUT2D eigenvalue weighted by molar-refractivity contribution is 7.55. The van der Waals surface area contributed by atoms with Crippen LogP contribution in [0.15, 0.2) is 42.5 Å². The molecule has 0 aliphatic carbocycles. The third-order valence-electron chi connectivity index (χ3n) is 4.36. The van der Waals surface area contributed by atoms with E-state index in [9.17, 15) is 18.6 Å². The van der Waals surface area contributed by atoms with E-state index >= 15 is 0 Å². The van der Waals surface area contributed by atoms with Gasteiger partial charge in [0.05, 0.1) is 16.4 Å². The average molecular weight is 390 g/mol. The van der Waals surface area contributed by atoms with Crippen LogP contribution >= 0.6 is 18.9 Å². The van der Waals surface area contributed by atoms with E-state index in [1.54, 1.807) is 18.2 Å². The Morgan fingerprint density at radius 3 is 2.69 bits per heavy atom. The van der Waals surface area contributed by atoms with Gasteiger partial charge in [0.15, 0.2) is 0 Å². The SMILES string of the molecule is O=C1CCCN1P(=O)(O)Cc1ccc(-c2nc3cc(F)ccc3s2)cc1. The molecule has 1 fully saturated rings. The standard InChI is InChI=1S/C18H16FN2O3PS/c19-14-7-8-16-15(10-14)20-18(26-16)13-5-3-12(4-6-13)11-25(23,24)21-9-1-2-17(21)22/h3-8,10H,1-2,9,11H2,(H,23,24). The zero-order valence-electron chi connectivity index (χ0n) is 13.8. The summed E-state index contributed by atoms with van der Waals surface area (Å²) >= 11 is 1.46. The molecule has 4 rings (SSSR count). The van der Waals surface area contributed by atoms with Crippen LogP contribution in [0.5, 0.6) is 0 Å². The zero-order valence-corrected chi connectivity index (χ0v) is 15.5. The van der Waals surface area contributed by atoms with Crippen molar-refractivity contribution < 1.29 is 18.6 Å². The van der Waals surface area contributed by atoms with E-state index in [1.807, 2.05) is 12.1 Å². The molecular weight excluding hydrogens is 374 g/mol. The van der Waals surface area contributed by atoms with E-state index in [2.05, 4.69) is 4.98 Å². The molecule has 1 aromatic heterocycles. The molecule has 1 saturated heterocycles. The van der Waals surface area contributed by atoms with Crippen molar-refractivity contribution in [2.75, 3.05) is 6.54 Å². The van der Waals surface area contributed by atoms with Gasteiger partial charge < -0.3 is 4.89 Å². The highest BCUT2D eigenvalue weighted by Gasteiger charge is 2.35. The van der Waals surface area contributed by atoms with Crippen LogP contribution in [0.2, 0.25) is 0 Å². The number of halogens is 1. The Hall–Kier alpha value is -2.08. The number of amides is 1. The maximum atomic E-state index is 13.3. The van der Waals surface area contributed by atoms with Gasteiger partial charge in [0.1, 0.15) is 10.8 Å². The number of benzene rings is 2. The largest absolute Gasteiger partial charge is 0.329 e. The summed E-state index contributed by atoms with van der Waals surface area (Å²) in [6.45, 7) is 0.340. The minimum absolute atomic E-state index is 0.0654. The normalized spacial score (nSPS) is 17.0. The van der Waals surface area contributed by atoms with Crippen molar-refractivity contribution in [1.82, 2.24) is 9.65 Å². The Morgan fingerprint density at radius 2 is 2.00 bits per heavy atom. The Bertz CT molecular complexity index is 1030. The summed E-state index contributed by atoms with van der Waals surface area (Å²) in [4.78, 5) is 26.4. The first-order valence-electron chi connectivity index (χ1n) is 8.20. The average Bonchev–Trinajstić information content (AvgIpc) is 3.21. The van der Waals surface area contributed by atoms with Crippen molar-refractivity contribution >= 4 is 35.0 Å². The van der Waals surface area contributed by atoms with Crippen LogP contribution in [0, 0.1) is 5.82 Å². The summed E-state index contributed by atoms with van der Waals surface area (Å²) in [5.74, 6) is -0.575. The van der Waals surface area contributed by atoms with Crippen LogP contribution in [0.3, 0.4) is 0 Å². The van der Waals surface area contributed by atoms with E-state index < -0.39 is 7.52 Å². The first-order chi connectivity index (χ1) is 12.4. The number of hydrogen-bond acceptors (Lipinski definition) is 4. The van der Waals surface area contributed by atoms with E-state index in [1.165, 1.54) is 23.5 Å². The summed E-state index contributed by atoms with van der Waals surface area (Å²) in [5.41, 5.74) is 2.16. The van der Waals surface area contributed by atoms with Gasteiger partial charge >= 0.3 is 0 Å². The van der Waals surface area contributed by atoms with Crippen LogP contribution in [0.25, 0.3) is 20.8 Å². The lowest BCUT2D eigenvalue weighted by Crippen LogP contribution is -2.22. The quantitative estimate of drug-likeness (QED) is 0.670. The highest BCUT2D eigenvalue weighted by atomic mass is 32.1. The van der Waals surface area contributed by atoms with E-state index in [0.717, 1.165) is 19.9 Å². The Morgan fingerprint density at radius 1 is 1.23 bits per heavy atom. The first-order valence-corrected chi connectivity index (χ1v) is 10.8. The van der Waals surface area contributed by atoms with Gasteiger partial charge in [0.2, 0.25) is 5.91 Å². The van der Waals surface area contributed by atoms with Gasteiger partial charge in [-0.1, -0.05) is 24.3 Å². The summed E-state index contributed by atoms with van der Waals surface area (Å²) in [7, 11) is -3.71. The second kappa shape index (κ2) is 6.58. The molecule has 1 aliphatic rings. The van der Waals surface area contributed by atoms with Gasteiger partial charge in [-0.25, -0.2) is 9.37 Å². The minimum atomic E-state index is -3.71. The van der Waals surface area contributed by atoms with E-state index in [-0.39, 0.29) is 17.9 Å². The summed E-state index contributed by atoms with van der Waals surface area (Å²) in [5, 5.41) is 0.763. The molecule has 1 aliphatic heterocycles. The smallest absolute Gasteiger partial charge is 0.300 e. The molecule has 3 aromatic rings. The molecule has 1 amide bonds.